The van der Waals surface area contributed by atoms with Crippen LogP contribution in [-0.4, -0.2) is 62.5 Å². The molecule has 0 unspecified atom stereocenters. The molecule has 0 atom stereocenters. The summed E-state index contributed by atoms with van der Waals surface area (Å²) in [7, 11) is -3.11. The number of likely N-dealkylation sites (tertiary alicyclic amines) is 2. The van der Waals surface area contributed by atoms with Gasteiger partial charge in [-0.2, -0.15) is 0 Å². The zero-order valence-corrected chi connectivity index (χ0v) is 22.7. The Morgan fingerprint density at radius 3 is 1.44 bits per heavy atom. The maximum absolute atomic E-state index is 11.4. The quantitative estimate of drug-likeness (QED) is 0.596. The van der Waals surface area contributed by atoms with Crippen molar-refractivity contribution in [2.45, 2.75) is 57.3 Å². The molecular weight excluding hydrogens is 472 g/mol. The summed E-state index contributed by atoms with van der Waals surface area (Å²) >= 11 is 0. The SMILES string of the molecule is CC(=O)N1CCC(Cc2ccc(S(C)(=O)=O)cc2)CC1.CC(=O)N1CCC(Cc2ccccc2)CC1. The number of hydrogen-bond acceptors (Lipinski definition) is 4. The van der Waals surface area contributed by atoms with E-state index in [0.717, 1.165) is 70.6 Å². The van der Waals surface area contributed by atoms with Gasteiger partial charge in [-0.1, -0.05) is 42.5 Å². The van der Waals surface area contributed by atoms with Crippen LogP contribution in [-0.2, 0) is 32.3 Å². The van der Waals surface area contributed by atoms with E-state index in [1.54, 1.807) is 26.0 Å². The van der Waals surface area contributed by atoms with Crippen molar-refractivity contribution in [1.29, 1.82) is 0 Å². The molecule has 2 aromatic rings. The minimum absolute atomic E-state index is 0.154. The number of benzene rings is 2. The Hall–Kier alpha value is -2.67. The van der Waals surface area contributed by atoms with Crippen LogP contribution < -0.4 is 0 Å². The highest BCUT2D eigenvalue weighted by atomic mass is 32.2. The maximum Gasteiger partial charge on any atom is 0.219 e. The van der Waals surface area contributed by atoms with Crippen molar-refractivity contribution in [3.63, 3.8) is 0 Å². The van der Waals surface area contributed by atoms with E-state index < -0.39 is 9.84 Å². The van der Waals surface area contributed by atoms with Crippen LogP contribution >= 0.6 is 0 Å². The van der Waals surface area contributed by atoms with Crippen molar-refractivity contribution < 1.29 is 18.0 Å². The normalized spacial score (nSPS) is 17.3. The minimum atomic E-state index is -3.11. The Morgan fingerprint density at radius 2 is 1.08 bits per heavy atom. The Labute approximate surface area is 216 Å². The van der Waals surface area contributed by atoms with Crippen LogP contribution in [0.15, 0.2) is 59.5 Å². The van der Waals surface area contributed by atoms with Crippen LogP contribution in [0.4, 0.5) is 0 Å². The van der Waals surface area contributed by atoms with Crippen LogP contribution in [0.3, 0.4) is 0 Å². The lowest BCUT2D eigenvalue weighted by Gasteiger charge is -2.31. The summed E-state index contributed by atoms with van der Waals surface area (Å²) in [6.45, 7) is 6.82. The highest BCUT2D eigenvalue weighted by molar-refractivity contribution is 7.90. The van der Waals surface area contributed by atoms with Gasteiger partial charge in [-0.05, 0) is 73.6 Å². The van der Waals surface area contributed by atoms with Gasteiger partial charge in [0, 0.05) is 46.3 Å². The molecule has 0 spiro atoms. The van der Waals surface area contributed by atoms with Gasteiger partial charge in [0.1, 0.15) is 0 Å². The number of carbonyl (C=O) groups excluding carboxylic acids is 2. The molecule has 0 bridgehead atoms. The molecule has 6 nitrogen and oxygen atoms in total. The Balaban J connectivity index is 0.000000205. The van der Waals surface area contributed by atoms with Gasteiger partial charge >= 0.3 is 0 Å². The molecule has 196 valence electrons. The van der Waals surface area contributed by atoms with Crippen LogP contribution in [0.5, 0.6) is 0 Å². The fraction of sp³-hybridized carbons (Fsp3) is 0.517. The molecule has 2 amide bonds. The molecule has 2 heterocycles. The van der Waals surface area contributed by atoms with Gasteiger partial charge in [0.25, 0.3) is 0 Å². The summed E-state index contributed by atoms with van der Waals surface area (Å²) in [4.78, 5) is 26.7. The number of rotatable bonds is 5. The van der Waals surface area contributed by atoms with Crippen molar-refractivity contribution in [2.24, 2.45) is 11.8 Å². The molecule has 0 aliphatic carbocycles. The zero-order valence-electron chi connectivity index (χ0n) is 21.9. The number of hydrogen-bond donors (Lipinski definition) is 0. The summed E-state index contributed by atoms with van der Waals surface area (Å²) in [6.07, 6.45) is 7.67. The summed E-state index contributed by atoms with van der Waals surface area (Å²) in [5, 5.41) is 0. The fourth-order valence-corrected chi connectivity index (χ4v) is 5.69. The Morgan fingerprint density at radius 1 is 0.694 bits per heavy atom. The monoisotopic (exact) mass is 512 g/mol. The van der Waals surface area contributed by atoms with Crippen LogP contribution in [0, 0.1) is 11.8 Å². The van der Waals surface area contributed by atoms with Crippen LogP contribution in [0.25, 0.3) is 0 Å². The number of sulfone groups is 1. The number of carbonyl (C=O) groups is 2. The van der Waals surface area contributed by atoms with Gasteiger partial charge in [-0.15, -0.1) is 0 Å². The molecule has 2 aliphatic heterocycles. The van der Waals surface area contributed by atoms with Crippen LogP contribution in [0.2, 0.25) is 0 Å². The van der Waals surface area contributed by atoms with Crippen LogP contribution in [0.1, 0.15) is 50.7 Å². The molecule has 2 fully saturated rings. The molecule has 0 aromatic heterocycles. The summed E-state index contributed by atoms with van der Waals surface area (Å²) in [5.41, 5.74) is 2.59. The number of nitrogens with zero attached hydrogens (tertiary/aromatic N) is 2. The minimum Gasteiger partial charge on any atom is -0.343 e. The topological polar surface area (TPSA) is 74.8 Å². The molecule has 0 N–H and O–H groups in total. The third kappa shape index (κ3) is 8.77. The standard InChI is InChI=1S/C15H21NO3S.C14H19NO/c1-12(17)16-9-7-14(8-10-16)11-13-3-5-15(6-4-13)20(2,18)19;1-12(16)15-9-7-14(8-10-15)11-13-5-3-2-4-6-13/h3-6,14H,7-11H2,1-2H3;2-6,14H,7-11H2,1H3. The average molecular weight is 513 g/mol. The second-order valence-corrected chi connectivity index (χ2v) is 12.2. The third-order valence-corrected chi connectivity index (χ3v) is 8.49. The fourth-order valence-electron chi connectivity index (χ4n) is 5.06. The van der Waals surface area contributed by atoms with Gasteiger partial charge in [-0.3, -0.25) is 9.59 Å². The molecule has 2 aliphatic rings. The van der Waals surface area contributed by atoms with E-state index in [1.807, 2.05) is 21.9 Å². The summed E-state index contributed by atoms with van der Waals surface area (Å²) in [5.74, 6) is 1.70. The Kier molecular flexibility index (Phi) is 10.1. The molecule has 4 rings (SSSR count). The largest absolute Gasteiger partial charge is 0.343 e. The van der Waals surface area contributed by atoms with Crippen molar-refractivity contribution in [2.75, 3.05) is 32.4 Å². The number of piperidine rings is 2. The van der Waals surface area contributed by atoms with Crippen molar-refractivity contribution in [3.05, 3.63) is 65.7 Å². The molecule has 2 saturated heterocycles. The molecule has 36 heavy (non-hydrogen) atoms. The van der Waals surface area contributed by atoms with E-state index >= 15 is 0 Å². The lowest BCUT2D eigenvalue weighted by molar-refractivity contribution is -0.131. The summed E-state index contributed by atoms with van der Waals surface area (Å²) < 4.78 is 22.8. The number of amides is 2. The molecule has 7 heteroatoms. The third-order valence-electron chi connectivity index (χ3n) is 7.36. The average Bonchev–Trinajstić information content (AvgIpc) is 2.85. The maximum atomic E-state index is 11.4. The lowest BCUT2D eigenvalue weighted by atomic mass is 9.90. The summed E-state index contributed by atoms with van der Waals surface area (Å²) in [6, 6.07) is 17.8. The van der Waals surface area contributed by atoms with Gasteiger partial charge in [0.05, 0.1) is 4.90 Å². The van der Waals surface area contributed by atoms with Gasteiger partial charge in [-0.25, -0.2) is 8.42 Å². The zero-order chi connectivity index (χ0) is 26.1. The predicted octanol–water partition coefficient (Wildman–Crippen LogP) is 4.38. The van der Waals surface area contributed by atoms with Gasteiger partial charge in [0.2, 0.25) is 11.8 Å². The molecule has 0 saturated carbocycles. The first-order chi connectivity index (χ1) is 17.1. The van der Waals surface area contributed by atoms with E-state index in [4.69, 9.17) is 0 Å². The highest BCUT2D eigenvalue weighted by Crippen LogP contribution is 2.23. The van der Waals surface area contributed by atoms with Crippen molar-refractivity contribution in [1.82, 2.24) is 9.80 Å². The predicted molar refractivity (Wildman–Crippen MR) is 143 cm³/mol. The second kappa shape index (κ2) is 13.0. The van der Waals surface area contributed by atoms with E-state index in [-0.39, 0.29) is 11.8 Å². The first-order valence-electron chi connectivity index (χ1n) is 13.0. The van der Waals surface area contributed by atoms with Gasteiger partial charge in [0.15, 0.2) is 9.84 Å². The Bertz CT molecular complexity index is 1080. The smallest absolute Gasteiger partial charge is 0.219 e. The van der Waals surface area contributed by atoms with Crippen molar-refractivity contribution in [3.8, 4) is 0 Å². The first kappa shape index (κ1) is 27.9. The lowest BCUT2D eigenvalue weighted by Crippen LogP contribution is -2.37. The van der Waals surface area contributed by atoms with Gasteiger partial charge < -0.3 is 9.80 Å². The molecule has 0 radical (unpaired) electrons. The highest BCUT2D eigenvalue weighted by Gasteiger charge is 2.21. The van der Waals surface area contributed by atoms with E-state index in [9.17, 15) is 18.0 Å². The molecular formula is C29H40N2O4S. The van der Waals surface area contributed by atoms with E-state index in [1.165, 1.54) is 17.4 Å². The van der Waals surface area contributed by atoms with E-state index in [0.29, 0.717) is 10.8 Å². The first-order valence-corrected chi connectivity index (χ1v) is 14.8. The van der Waals surface area contributed by atoms with E-state index in [2.05, 4.69) is 30.3 Å². The molecule has 2 aromatic carbocycles. The second-order valence-electron chi connectivity index (χ2n) is 10.2. The van der Waals surface area contributed by atoms with Crippen molar-refractivity contribution >= 4 is 21.7 Å².